The molecular weight excluding hydrogens is 294 g/mol. The van der Waals surface area contributed by atoms with E-state index >= 15 is 0 Å². The third kappa shape index (κ3) is 13.3. The lowest BCUT2D eigenvalue weighted by atomic mass is 10.1. The molecule has 0 aromatic carbocycles. The van der Waals surface area contributed by atoms with Gasteiger partial charge in [0.1, 0.15) is 0 Å². The Kier molecular flexibility index (Phi) is 16.7. The molecule has 0 aliphatic carbocycles. The van der Waals surface area contributed by atoms with Gasteiger partial charge in [-0.1, -0.05) is 51.0 Å². The summed E-state index contributed by atoms with van der Waals surface area (Å²) < 4.78 is 10.1. The maximum Gasteiger partial charge on any atom is 0.222 e. The molecule has 4 nitrogen and oxygen atoms in total. The zero-order valence-electron chi connectivity index (χ0n) is 15.1. The standard InChI is InChI=1S/C17H37NO3Si/c1-20-14-12-18(13-15-21-2)17(19)11-9-7-5-3-4-6-8-10-16-22/h3-16H2,1-2,22H3. The highest BCUT2D eigenvalue weighted by Gasteiger charge is 2.12. The number of methoxy groups -OCH3 is 2. The van der Waals surface area contributed by atoms with Crippen molar-refractivity contribution < 1.29 is 14.3 Å². The molecule has 1 amide bonds. The topological polar surface area (TPSA) is 38.8 Å². The van der Waals surface area contributed by atoms with Gasteiger partial charge in [0.25, 0.3) is 0 Å². The van der Waals surface area contributed by atoms with E-state index in [0.29, 0.717) is 32.7 Å². The van der Waals surface area contributed by atoms with Crippen molar-refractivity contribution in [1.82, 2.24) is 4.90 Å². The van der Waals surface area contributed by atoms with Crippen molar-refractivity contribution in [2.75, 3.05) is 40.5 Å². The molecule has 0 aliphatic heterocycles. The Labute approximate surface area is 140 Å². The zero-order chi connectivity index (χ0) is 16.5. The maximum atomic E-state index is 12.2. The van der Waals surface area contributed by atoms with E-state index in [9.17, 15) is 4.79 Å². The monoisotopic (exact) mass is 331 g/mol. The molecule has 22 heavy (non-hydrogen) atoms. The first-order valence-corrected chi connectivity index (χ1v) is 10.4. The average Bonchev–Trinajstić information content (AvgIpc) is 2.53. The fourth-order valence-corrected chi connectivity index (χ4v) is 3.01. The second-order valence-corrected chi connectivity index (χ2v) is 6.94. The molecule has 0 heterocycles. The molecule has 0 N–H and O–H groups in total. The van der Waals surface area contributed by atoms with Crippen LogP contribution >= 0.6 is 0 Å². The second-order valence-electron chi connectivity index (χ2n) is 5.94. The van der Waals surface area contributed by atoms with E-state index in [1.807, 2.05) is 4.90 Å². The normalized spacial score (nSPS) is 11.0. The van der Waals surface area contributed by atoms with Gasteiger partial charge in [-0.2, -0.15) is 0 Å². The van der Waals surface area contributed by atoms with Crippen LogP contribution in [0.1, 0.15) is 57.8 Å². The Bertz CT molecular complexity index is 244. The first-order chi connectivity index (χ1) is 10.8. The van der Waals surface area contributed by atoms with E-state index < -0.39 is 0 Å². The molecule has 0 bridgehead atoms. The molecule has 0 saturated carbocycles. The van der Waals surface area contributed by atoms with E-state index in [-0.39, 0.29) is 5.91 Å². The molecule has 0 radical (unpaired) electrons. The van der Waals surface area contributed by atoms with Crippen molar-refractivity contribution in [3.05, 3.63) is 0 Å². The van der Waals surface area contributed by atoms with Crippen LogP contribution < -0.4 is 0 Å². The van der Waals surface area contributed by atoms with Crippen molar-refractivity contribution in [3.63, 3.8) is 0 Å². The number of amides is 1. The highest BCUT2D eigenvalue weighted by Crippen LogP contribution is 2.11. The van der Waals surface area contributed by atoms with Crippen LogP contribution in [0.2, 0.25) is 6.04 Å². The Balaban J connectivity index is 3.61. The average molecular weight is 332 g/mol. The third-order valence-corrected chi connectivity index (χ3v) is 4.68. The third-order valence-electron chi connectivity index (χ3n) is 3.98. The van der Waals surface area contributed by atoms with E-state index in [4.69, 9.17) is 9.47 Å². The van der Waals surface area contributed by atoms with Crippen molar-refractivity contribution in [1.29, 1.82) is 0 Å². The molecule has 0 unspecified atom stereocenters. The highest BCUT2D eigenvalue weighted by molar-refractivity contribution is 6.08. The molecule has 0 fully saturated rings. The quantitative estimate of drug-likeness (QED) is 0.322. The summed E-state index contributed by atoms with van der Waals surface area (Å²) in [6.07, 6.45) is 11.0. The molecule has 0 saturated heterocycles. The summed E-state index contributed by atoms with van der Waals surface area (Å²) >= 11 is 0. The van der Waals surface area contributed by atoms with Crippen LogP contribution in [0, 0.1) is 0 Å². The van der Waals surface area contributed by atoms with Crippen molar-refractivity contribution in [3.8, 4) is 0 Å². The van der Waals surface area contributed by atoms with Crippen LogP contribution in [0.15, 0.2) is 0 Å². The van der Waals surface area contributed by atoms with Crippen molar-refractivity contribution in [2.24, 2.45) is 0 Å². The maximum absolute atomic E-state index is 12.2. The number of carbonyl (C=O) groups is 1. The van der Waals surface area contributed by atoms with Gasteiger partial charge < -0.3 is 14.4 Å². The second kappa shape index (κ2) is 17.0. The van der Waals surface area contributed by atoms with Gasteiger partial charge >= 0.3 is 0 Å². The molecule has 5 heteroatoms. The molecule has 0 atom stereocenters. The van der Waals surface area contributed by atoms with Gasteiger partial charge in [0, 0.05) is 44.0 Å². The Hall–Kier alpha value is -0.393. The van der Waals surface area contributed by atoms with Gasteiger partial charge in [0.05, 0.1) is 13.2 Å². The summed E-state index contributed by atoms with van der Waals surface area (Å²) in [6, 6.07) is 1.45. The fraction of sp³-hybridized carbons (Fsp3) is 0.941. The molecule has 0 aliphatic rings. The minimum atomic E-state index is 0.237. The van der Waals surface area contributed by atoms with Gasteiger partial charge in [-0.15, -0.1) is 0 Å². The first-order valence-electron chi connectivity index (χ1n) is 9.01. The molecule has 0 rings (SSSR count). The minimum absolute atomic E-state index is 0.237. The van der Waals surface area contributed by atoms with Crippen LogP contribution in [0.25, 0.3) is 0 Å². The van der Waals surface area contributed by atoms with Crippen LogP contribution in [0.5, 0.6) is 0 Å². The first kappa shape index (κ1) is 21.6. The summed E-state index contributed by atoms with van der Waals surface area (Å²) in [5.41, 5.74) is 0. The van der Waals surface area contributed by atoms with Crippen LogP contribution in [0.3, 0.4) is 0 Å². The Morgan fingerprint density at radius 3 is 1.73 bits per heavy atom. The SMILES string of the molecule is COCCN(CCOC)C(=O)CCCCCCCCCC[SiH3]. The Morgan fingerprint density at radius 2 is 1.27 bits per heavy atom. The summed E-state index contributed by atoms with van der Waals surface area (Å²) in [6.45, 7) is 2.52. The molecule has 0 aromatic rings. The number of carbonyl (C=O) groups excluding carboxylic acids is 1. The van der Waals surface area contributed by atoms with Crippen LogP contribution in [-0.2, 0) is 14.3 Å². The fourth-order valence-electron chi connectivity index (χ4n) is 2.51. The number of hydrogen-bond donors (Lipinski definition) is 0. The lowest BCUT2D eigenvalue weighted by Crippen LogP contribution is -2.36. The number of unbranched alkanes of at least 4 members (excludes halogenated alkanes) is 7. The number of hydrogen-bond acceptors (Lipinski definition) is 3. The summed E-state index contributed by atoms with van der Waals surface area (Å²) in [4.78, 5) is 14.0. The predicted molar refractivity (Wildman–Crippen MR) is 96.6 cm³/mol. The number of nitrogens with zero attached hydrogens (tertiary/aromatic N) is 1. The van der Waals surface area contributed by atoms with Crippen molar-refractivity contribution >= 4 is 16.1 Å². The van der Waals surface area contributed by atoms with E-state index in [0.717, 1.165) is 6.42 Å². The van der Waals surface area contributed by atoms with Gasteiger partial charge in [0.15, 0.2) is 0 Å². The van der Waals surface area contributed by atoms with Gasteiger partial charge in [0.2, 0.25) is 5.91 Å². The number of ether oxygens (including phenoxy) is 2. The van der Waals surface area contributed by atoms with Gasteiger partial charge in [-0.05, 0) is 6.42 Å². The van der Waals surface area contributed by atoms with Gasteiger partial charge in [-0.25, -0.2) is 0 Å². The minimum Gasteiger partial charge on any atom is -0.383 e. The number of rotatable bonds is 16. The lowest BCUT2D eigenvalue weighted by molar-refractivity contribution is -0.132. The largest absolute Gasteiger partial charge is 0.383 e. The van der Waals surface area contributed by atoms with Crippen LogP contribution in [-0.4, -0.2) is 61.6 Å². The molecule has 132 valence electrons. The predicted octanol–water partition coefficient (Wildman–Crippen LogP) is 2.40. The summed E-state index contributed by atoms with van der Waals surface area (Å²) in [5, 5.41) is 0. The Morgan fingerprint density at radius 1 is 0.818 bits per heavy atom. The molecule has 0 aromatic heterocycles. The molecular formula is C17H37NO3Si. The van der Waals surface area contributed by atoms with Crippen molar-refractivity contribution in [2.45, 2.75) is 63.8 Å². The smallest absolute Gasteiger partial charge is 0.222 e. The zero-order valence-corrected chi connectivity index (χ0v) is 17.1. The van der Waals surface area contributed by atoms with Crippen LogP contribution in [0.4, 0.5) is 0 Å². The van der Waals surface area contributed by atoms with E-state index in [1.54, 1.807) is 14.2 Å². The van der Waals surface area contributed by atoms with Gasteiger partial charge in [-0.3, -0.25) is 4.79 Å². The van der Waals surface area contributed by atoms with E-state index in [2.05, 4.69) is 0 Å². The summed E-state index contributed by atoms with van der Waals surface area (Å²) in [5.74, 6) is 0.237. The highest BCUT2D eigenvalue weighted by atomic mass is 28.1. The molecule has 0 spiro atoms. The lowest BCUT2D eigenvalue weighted by Gasteiger charge is -2.22. The van der Waals surface area contributed by atoms with E-state index in [1.165, 1.54) is 61.2 Å². The summed E-state index contributed by atoms with van der Waals surface area (Å²) in [7, 11) is 4.69.